The maximum absolute atomic E-state index is 11.8. The molecule has 1 N–H and O–H groups in total. The smallest absolute Gasteiger partial charge is 0.383 e. The molecule has 7 heteroatoms. The molecule has 0 aromatic carbocycles. The summed E-state index contributed by atoms with van der Waals surface area (Å²) in [6.45, 7) is 0. The van der Waals surface area contributed by atoms with Crippen LogP contribution in [0.2, 0.25) is 0 Å². The molecule has 1 aromatic rings. The average Bonchev–Trinajstić information content (AvgIpc) is 2.55. The third-order valence-corrected chi connectivity index (χ3v) is 2.45. The van der Waals surface area contributed by atoms with E-state index in [-0.39, 0.29) is 0 Å². The largest absolute Gasteiger partial charge is 0.415 e. The zero-order valence-corrected chi connectivity index (χ0v) is 7.81. The Hall–Kier alpha value is -0.690. The van der Waals surface area contributed by atoms with Crippen LogP contribution in [0.3, 0.4) is 0 Å². The van der Waals surface area contributed by atoms with Gasteiger partial charge >= 0.3 is 6.18 Å². The molecule has 1 unspecified atom stereocenters. The molecule has 0 amide bonds. The van der Waals surface area contributed by atoms with Gasteiger partial charge in [-0.25, -0.2) is 0 Å². The van der Waals surface area contributed by atoms with Crippen LogP contribution in [0.15, 0.2) is 16.9 Å². The van der Waals surface area contributed by atoms with E-state index in [1.165, 1.54) is 6.26 Å². The van der Waals surface area contributed by atoms with Gasteiger partial charge in [0.2, 0.25) is 0 Å². The predicted octanol–water partition coefficient (Wildman–Crippen LogP) is 1.83. The lowest BCUT2D eigenvalue weighted by Gasteiger charge is -2.13. The number of aliphatic hydroxyl groups is 1. The first-order valence-electron chi connectivity index (χ1n) is 3.72. The van der Waals surface area contributed by atoms with Crippen molar-refractivity contribution in [1.82, 2.24) is 5.16 Å². The quantitative estimate of drug-likeness (QED) is 0.852. The van der Waals surface area contributed by atoms with Crippen LogP contribution < -0.4 is 0 Å². The normalized spacial score (nSPS) is 14.3. The van der Waals surface area contributed by atoms with E-state index >= 15 is 0 Å². The molecule has 1 atom stereocenters. The fourth-order valence-electron chi connectivity index (χ4n) is 0.682. The van der Waals surface area contributed by atoms with Gasteiger partial charge in [-0.2, -0.15) is 24.9 Å². The number of thioether (sulfide) groups is 1. The minimum absolute atomic E-state index is 0.295. The highest BCUT2D eigenvalue weighted by atomic mass is 32.2. The van der Waals surface area contributed by atoms with Crippen LogP contribution in [0.5, 0.6) is 0 Å². The van der Waals surface area contributed by atoms with E-state index in [9.17, 15) is 13.2 Å². The molecule has 0 saturated carbocycles. The standard InChI is InChI=1S/C7H8F3NO2S/c8-7(9,10)6(12)4-14-3-5-1-2-13-11-5/h1-2,6,12H,3-4H2. The molecule has 0 aliphatic rings. The lowest BCUT2D eigenvalue weighted by Crippen LogP contribution is -2.30. The van der Waals surface area contributed by atoms with Crippen molar-refractivity contribution >= 4 is 11.8 Å². The van der Waals surface area contributed by atoms with Gasteiger partial charge < -0.3 is 9.63 Å². The van der Waals surface area contributed by atoms with E-state index in [4.69, 9.17) is 5.11 Å². The van der Waals surface area contributed by atoms with Crippen molar-refractivity contribution in [1.29, 1.82) is 0 Å². The Morgan fingerprint density at radius 2 is 2.29 bits per heavy atom. The number of alkyl halides is 3. The molecular weight excluding hydrogens is 219 g/mol. The lowest BCUT2D eigenvalue weighted by molar-refractivity contribution is -0.195. The van der Waals surface area contributed by atoms with Crippen molar-refractivity contribution in [2.45, 2.75) is 18.0 Å². The molecule has 0 aliphatic heterocycles. The molecule has 14 heavy (non-hydrogen) atoms. The first-order chi connectivity index (χ1) is 6.50. The highest BCUT2D eigenvalue weighted by Crippen LogP contribution is 2.23. The summed E-state index contributed by atoms with van der Waals surface area (Å²) >= 11 is 0.953. The molecule has 0 saturated heterocycles. The minimum atomic E-state index is -4.54. The minimum Gasteiger partial charge on any atom is -0.383 e. The van der Waals surface area contributed by atoms with Crippen LogP contribution in [-0.2, 0) is 5.75 Å². The van der Waals surface area contributed by atoms with Crippen molar-refractivity contribution in [3.05, 3.63) is 18.0 Å². The second kappa shape index (κ2) is 4.70. The highest BCUT2D eigenvalue weighted by Gasteiger charge is 2.37. The van der Waals surface area contributed by atoms with Crippen LogP contribution in [0, 0.1) is 0 Å². The molecule has 0 fully saturated rings. The van der Waals surface area contributed by atoms with Crippen molar-refractivity contribution in [3.8, 4) is 0 Å². The Morgan fingerprint density at radius 3 is 2.79 bits per heavy atom. The molecule has 1 aromatic heterocycles. The highest BCUT2D eigenvalue weighted by molar-refractivity contribution is 7.98. The van der Waals surface area contributed by atoms with Crippen molar-refractivity contribution in [2.75, 3.05) is 5.75 Å². The summed E-state index contributed by atoms with van der Waals surface area (Å²) in [7, 11) is 0. The number of aliphatic hydroxyl groups excluding tert-OH is 1. The van der Waals surface area contributed by atoms with Crippen molar-refractivity contribution in [2.24, 2.45) is 0 Å². The average molecular weight is 227 g/mol. The number of nitrogens with zero attached hydrogens (tertiary/aromatic N) is 1. The maximum atomic E-state index is 11.8. The summed E-state index contributed by atoms with van der Waals surface area (Å²) in [5.41, 5.74) is 0.560. The van der Waals surface area contributed by atoms with Gasteiger partial charge in [0.1, 0.15) is 6.26 Å². The molecule has 0 bridgehead atoms. The summed E-state index contributed by atoms with van der Waals surface area (Å²) in [6, 6.07) is 1.56. The molecule has 0 aliphatic carbocycles. The number of hydrogen-bond donors (Lipinski definition) is 1. The van der Waals surface area contributed by atoms with Crippen LogP contribution in [0.1, 0.15) is 5.69 Å². The van der Waals surface area contributed by atoms with E-state index < -0.39 is 18.0 Å². The first kappa shape index (κ1) is 11.4. The number of hydrogen-bond acceptors (Lipinski definition) is 4. The first-order valence-corrected chi connectivity index (χ1v) is 4.87. The van der Waals surface area contributed by atoms with Crippen LogP contribution >= 0.6 is 11.8 Å². The molecular formula is C7H8F3NO2S. The maximum Gasteiger partial charge on any atom is 0.415 e. The molecule has 0 spiro atoms. The molecule has 1 heterocycles. The fraction of sp³-hybridized carbons (Fsp3) is 0.571. The third-order valence-electron chi connectivity index (χ3n) is 1.39. The summed E-state index contributed by atoms with van der Waals surface area (Å²) < 4.78 is 39.9. The molecule has 80 valence electrons. The van der Waals surface area contributed by atoms with Gasteiger partial charge in [0, 0.05) is 17.6 Å². The Morgan fingerprint density at radius 1 is 1.57 bits per heavy atom. The second-order valence-electron chi connectivity index (χ2n) is 2.56. The van der Waals surface area contributed by atoms with Gasteiger partial charge in [-0.3, -0.25) is 0 Å². The summed E-state index contributed by atoms with van der Waals surface area (Å²) in [4.78, 5) is 0. The number of rotatable bonds is 4. The van der Waals surface area contributed by atoms with Gasteiger partial charge in [0.15, 0.2) is 6.10 Å². The van der Waals surface area contributed by atoms with Crippen LogP contribution in [-0.4, -0.2) is 28.3 Å². The summed E-state index contributed by atoms with van der Waals surface area (Å²) in [5, 5.41) is 12.1. The SMILES string of the molecule is OC(CSCc1ccon1)C(F)(F)F. The van der Waals surface area contributed by atoms with Gasteiger partial charge in [0.05, 0.1) is 5.69 Å². The molecule has 0 radical (unpaired) electrons. The number of halogens is 3. The predicted molar refractivity (Wildman–Crippen MR) is 44.7 cm³/mol. The third kappa shape index (κ3) is 3.59. The van der Waals surface area contributed by atoms with E-state index in [2.05, 4.69) is 9.68 Å². The van der Waals surface area contributed by atoms with E-state index in [0.29, 0.717) is 11.4 Å². The van der Waals surface area contributed by atoms with Gasteiger partial charge in [-0.15, -0.1) is 0 Å². The zero-order chi connectivity index (χ0) is 10.6. The Labute approximate surface area is 82.3 Å². The van der Waals surface area contributed by atoms with E-state index in [1.54, 1.807) is 6.07 Å². The monoisotopic (exact) mass is 227 g/mol. The molecule has 1 rings (SSSR count). The lowest BCUT2D eigenvalue weighted by atomic mass is 10.4. The Kier molecular flexibility index (Phi) is 3.82. The van der Waals surface area contributed by atoms with Gasteiger partial charge in [0.25, 0.3) is 0 Å². The van der Waals surface area contributed by atoms with Crippen molar-refractivity contribution in [3.63, 3.8) is 0 Å². The number of aromatic nitrogens is 1. The summed E-state index contributed by atoms with van der Waals surface area (Å²) in [6.07, 6.45) is -5.48. The van der Waals surface area contributed by atoms with Crippen LogP contribution in [0.4, 0.5) is 13.2 Å². The molecule has 3 nitrogen and oxygen atoms in total. The Balaban J connectivity index is 2.22. The van der Waals surface area contributed by atoms with E-state index in [1.807, 2.05) is 0 Å². The van der Waals surface area contributed by atoms with Gasteiger partial charge in [-0.05, 0) is 0 Å². The Bertz CT molecular complexity index is 262. The van der Waals surface area contributed by atoms with Gasteiger partial charge in [-0.1, -0.05) is 5.16 Å². The fourth-order valence-corrected chi connectivity index (χ4v) is 1.57. The summed E-state index contributed by atoms with van der Waals surface area (Å²) in [5.74, 6) is -0.0972. The van der Waals surface area contributed by atoms with Crippen molar-refractivity contribution < 1.29 is 22.8 Å². The zero-order valence-electron chi connectivity index (χ0n) is 6.99. The second-order valence-corrected chi connectivity index (χ2v) is 3.59. The van der Waals surface area contributed by atoms with E-state index in [0.717, 1.165) is 11.8 Å². The van der Waals surface area contributed by atoms with Crippen LogP contribution in [0.25, 0.3) is 0 Å². The topological polar surface area (TPSA) is 46.3 Å².